The van der Waals surface area contributed by atoms with Crippen LogP contribution in [0.3, 0.4) is 0 Å². The molecule has 3 rings (SSSR count). The zero-order chi connectivity index (χ0) is 16.9. The van der Waals surface area contributed by atoms with Crippen LogP contribution in [-0.4, -0.2) is 33.9 Å². The minimum Gasteiger partial charge on any atom is -0.356 e. The van der Waals surface area contributed by atoms with Crippen LogP contribution in [0.5, 0.6) is 0 Å². The van der Waals surface area contributed by atoms with E-state index in [1.165, 1.54) is 37.0 Å². The van der Waals surface area contributed by atoms with Gasteiger partial charge in [0.25, 0.3) is 11.6 Å². The van der Waals surface area contributed by atoms with Gasteiger partial charge in [-0.05, 0) is 31.4 Å². The van der Waals surface area contributed by atoms with Gasteiger partial charge in [0.15, 0.2) is 0 Å². The maximum absolute atomic E-state index is 12.2. The Kier molecular flexibility index (Phi) is 4.64. The number of rotatable bonds is 4. The maximum atomic E-state index is 12.2. The topological polar surface area (TPSA) is 101 Å². The second kappa shape index (κ2) is 7.03. The number of carbonyl (C=O) groups is 1. The van der Waals surface area contributed by atoms with E-state index in [1.54, 1.807) is 6.07 Å². The molecule has 1 aromatic heterocycles. The molecule has 0 aliphatic carbocycles. The molecule has 1 amide bonds. The number of hydrogen-bond acceptors (Lipinski definition) is 6. The summed E-state index contributed by atoms with van der Waals surface area (Å²) in [6, 6.07) is 7.18. The lowest BCUT2D eigenvalue weighted by atomic mass is 10.1. The molecule has 24 heavy (non-hydrogen) atoms. The highest BCUT2D eigenvalue weighted by Gasteiger charge is 2.14. The minimum absolute atomic E-state index is 0.0547. The van der Waals surface area contributed by atoms with Crippen molar-refractivity contribution in [1.82, 2.24) is 9.97 Å². The Morgan fingerprint density at radius 1 is 1.12 bits per heavy atom. The third kappa shape index (κ3) is 3.65. The Bertz CT molecular complexity index is 742. The van der Waals surface area contributed by atoms with E-state index < -0.39 is 4.92 Å². The third-order valence-corrected chi connectivity index (χ3v) is 3.91. The Labute approximate surface area is 138 Å². The van der Waals surface area contributed by atoms with E-state index in [2.05, 4.69) is 20.2 Å². The number of anilines is 2. The first-order valence-corrected chi connectivity index (χ1v) is 7.76. The van der Waals surface area contributed by atoms with Crippen molar-refractivity contribution in [1.29, 1.82) is 0 Å². The van der Waals surface area contributed by atoms with Crippen molar-refractivity contribution in [2.75, 3.05) is 23.3 Å². The number of amides is 1. The van der Waals surface area contributed by atoms with Crippen molar-refractivity contribution in [2.45, 2.75) is 19.3 Å². The van der Waals surface area contributed by atoms with Crippen molar-refractivity contribution in [3.8, 4) is 0 Å². The second-order valence-electron chi connectivity index (χ2n) is 5.57. The normalized spacial score (nSPS) is 14.2. The molecular weight excluding hydrogens is 310 g/mol. The van der Waals surface area contributed by atoms with E-state index in [-0.39, 0.29) is 11.6 Å². The molecule has 0 spiro atoms. The average molecular weight is 327 g/mol. The summed E-state index contributed by atoms with van der Waals surface area (Å²) < 4.78 is 0. The van der Waals surface area contributed by atoms with Crippen molar-refractivity contribution in [3.05, 3.63) is 52.3 Å². The average Bonchev–Trinajstić information content (AvgIpc) is 2.63. The van der Waals surface area contributed by atoms with Gasteiger partial charge in [-0.2, -0.15) is 0 Å². The van der Waals surface area contributed by atoms with Gasteiger partial charge < -0.3 is 10.2 Å². The lowest BCUT2D eigenvalue weighted by Crippen LogP contribution is -2.30. The second-order valence-corrected chi connectivity index (χ2v) is 5.57. The van der Waals surface area contributed by atoms with Gasteiger partial charge in [0.05, 0.1) is 4.92 Å². The molecule has 0 bridgehead atoms. The molecule has 2 aromatic rings. The molecule has 0 atom stereocenters. The van der Waals surface area contributed by atoms with Crippen LogP contribution in [0, 0.1) is 10.1 Å². The van der Waals surface area contributed by atoms with E-state index in [0.29, 0.717) is 11.4 Å². The van der Waals surface area contributed by atoms with Crippen LogP contribution in [0.15, 0.2) is 36.7 Å². The number of benzene rings is 1. The van der Waals surface area contributed by atoms with Crippen LogP contribution in [0.25, 0.3) is 0 Å². The summed E-state index contributed by atoms with van der Waals surface area (Å²) in [5.41, 5.74) is 0.278. The van der Waals surface area contributed by atoms with Gasteiger partial charge in [-0.15, -0.1) is 0 Å². The first kappa shape index (κ1) is 15.9. The third-order valence-electron chi connectivity index (χ3n) is 3.91. The largest absolute Gasteiger partial charge is 0.356 e. The maximum Gasteiger partial charge on any atom is 0.269 e. The first-order valence-electron chi connectivity index (χ1n) is 7.76. The molecule has 0 saturated carbocycles. The highest BCUT2D eigenvalue weighted by atomic mass is 16.6. The molecule has 2 heterocycles. The first-order chi connectivity index (χ1) is 11.6. The molecule has 0 radical (unpaired) electrons. The number of hydrogen-bond donors (Lipinski definition) is 1. The van der Waals surface area contributed by atoms with E-state index in [1.807, 2.05) is 0 Å². The van der Waals surface area contributed by atoms with Gasteiger partial charge in [-0.25, -0.2) is 9.97 Å². The van der Waals surface area contributed by atoms with Crippen LogP contribution < -0.4 is 10.2 Å². The monoisotopic (exact) mass is 327 g/mol. The van der Waals surface area contributed by atoms with Crippen LogP contribution in [0.1, 0.15) is 29.6 Å². The molecule has 1 aromatic carbocycles. The molecule has 1 N–H and O–H groups in total. The fraction of sp³-hybridized carbons (Fsp3) is 0.312. The Balaban J connectivity index is 1.70. The number of nitrogens with one attached hydrogen (secondary N) is 1. The Hall–Kier alpha value is -3.03. The fourth-order valence-corrected chi connectivity index (χ4v) is 2.63. The molecule has 1 fully saturated rings. The smallest absolute Gasteiger partial charge is 0.269 e. The molecule has 8 nitrogen and oxygen atoms in total. The SMILES string of the molecule is O=C(Nc1cc(N2CCCCC2)ncn1)c1ccc([N+](=O)[O-])cc1. The Morgan fingerprint density at radius 3 is 2.50 bits per heavy atom. The summed E-state index contributed by atoms with van der Waals surface area (Å²) in [6.07, 6.45) is 4.92. The van der Waals surface area contributed by atoms with E-state index in [4.69, 9.17) is 0 Å². The molecule has 8 heteroatoms. The number of aromatic nitrogens is 2. The summed E-state index contributed by atoms with van der Waals surface area (Å²) in [6.45, 7) is 1.90. The quantitative estimate of drug-likeness (QED) is 0.684. The standard InChI is InChI=1S/C16H17N5O3/c22-16(12-4-6-13(7-5-12)21(23)24)19-14-10-15(18-11-17-14)20-8-2-1-3-9-20/h4-7,10-11H,1-3,8-9H2,(H,17,18,19,22). The summed E-state index contributed by atoms with van der Waals surface area (Å²) in [4.78, 5) is 32.9. The number of carbonyl (C=O) groups excluding carboxylic acids is 1. The zero-order valence-corrected chi connectivity index (χ0v) is 13.0. The predicted molar refractivity (Wildman–Crippen MR) is 89.1 cm³/mol. The lowest BCUT2D eigenvalue weighted by molar-refractivity contribution is -0.384. The van der Waals surface area contributed by atoms with Crippen LogP contribution >= 0.6 is 0 Å². The Morgan fingerprint density at radius 2 is 1.83 bits per heavy atom. The molecule has 1 aliphatic heterocycles. The molecule has 1 aliphatic rings. The van der Waals surface area contributed by atoms with Crippen molar-refractivity contribution < 1.29 is 9.72 Å². The van der Waals surface area contributed by atoms with Crippen molar-refractivity contribution in [3.63, 3.8) is 0 Å². The van der Waals surface area contributed by atoms with Gasteiger partial charge in [0.2, 0.25) is 0 Å². The number of nitro groups is 1. The fourth-order valence-electron chi connectivity index (χ4n) is 2.63. The summed E-state index contributed by atoms with van der Waals surface area (Å²) in [5.74, 6) is 0.839. The van der Waals surface area contributed by atoms with Crippen LogP contribution in [0.2, 0.25) is 0 Å². The van der Waals surface area contributed by atoms with E-state index >= 15 is 0 Å². The predicted octanol–water partition coefficient (Wildman–Crippen LogP) is 2.63. The zero-order valence-electron chi connectivity index (χ0n) is 13.0. The highest BCUT2D eigenvalue weighted by molar-refractivity contribution is 6.04. The van der Waals surface area contributed by atoms with Gasteiger partial charge in [-0.1, -0.05) is 0 Å². The summed E-state index contributed by atoms with van der Waals surface area (Å²) in [5, 5.41) is 13.3. The molecule has 0 unspecified atom stereocenters. The number of nitrogens with zero attached hydrogens (tertiary/aromatic N) is 4. The number of nitro benzene ring substituents is 1. The van der Waals surface area contributed by atoms with Crippen LogP contribution in [0.4, 0.5) is 17.3 Å². The molecule has 124 valence electrons. The van der Waals surface area contributed by atoms with E-state index in [9.17, 15) is 14.9 Å². The lowest BCUT2D eigenvalue weighted by Gasteiger charge is -2.27. The van der Waals surface area contributed by atoms with Gasteiger partial charge in [0.1, 0.15) is 18.0 Å². The van der Waals surface area contributed by atoms with Crippen molar-refractivity contribution >= 4 is 23.2 Å². The highest BCUT2D eigenvalue weighted by Crippen LogP contribution is 2.20. The minimum atomic E-state index is -0.503. The number of piperidine rings is 1. The van der Waals surface area contributed by atoms with Gasteiger partial charge in [-0.3, -0.25) is 14.9 Å². The van der Waals surface area contributed by atoms with Crippen molar-refractivity contribution in [2.24, 2.45) is 0 Å². The summed E-state index contributed by atoms with van der Waals surface area (Å²) in [7, 11) is 0. The van der Waals surface area contributed by atoms with Crippen LogP contribution in [-0.2, 0) is 0 Å². The summed E-state index contributed by atoms with van der Waals surface area (Å²) >= 11 is 0. The van der Waals surface area contributed by atoms with Gasteiger partial charge >= 0.3 is 0 Å². The molecule has 1 saturated heterocycles. The van der Waals surface area contributed by atoms with Gasteiger partial charge in [0, 0.05) is 36.9 Å². The number of non-ortho nitro benzene ring substituents is 1. The molecular formula is C16H17N5O3. The van der Waals surface area contributed by atoms with E-state index in [0.717, 1.165) is 31.7 Å².